The van der Waals surface area contributed by atoms with Gasteiger partial charge in [-0.3, -0.25) is 0 Å². The van der Waals surface area contributed by atoms with Crippen molar-refractivity contribution in [3.8, 4) is 0 Å². The summed E-state index contributed by atoms with van der Waals surface area (Å²) in [5, 5.41) is 9.69. The molecule has 3 heteroatoms. The van der Waals surface area contributed by atoms with Crippen LogP contribution in [-0.2, 0) is 4.79 Å². The molecule has 0 aromatic carbocycles. The van der Waals surface area contributed by atoms with Gasteiger partial charge in [-0.1, -0.05) is 46.5 Å². The van der Waals surface area contributed by atoms with E-state index in [2.05, 4.69) is 20.8 Å². The predicted octanol–water partition coefficient (Wildman–Crippen LogP) is 3.92. The minimum absolute atomic E-state index is 0.0716. The number of hydrogen-bond acceptors (Lipinski definition) is 1. The summed E-state index contributed by atoms with van der Waals surface area (Å²) in [6.07, 6.45) is 7.78. The molecule has 0 spiro atoms. The van der Waals surface area contributed by atoms with Crippen molar-refractivity contribution in [1.82, 2.24) is 0 Å². The summed E-state index contributed by atoms with van der Waals surface area (Å²) in [5.41, 5.74) is -0.0716. The number of unbranched alkanes of at least 4 members (excludes halogenated alkanes) is 3. The first-order chi connectivity index (χ1) is 8.75. The minimum Gasteiger partial charge on any atom is -0.477 e. The highest BCUT2D eigenvalue weighted by molar-refractivity contribution is 5.73. The minimum atomic E-state index is -0.647. The Morgan fingerprint density at radius 1 is 1.05 bits per heavy atom. The number of carboxylic acid groups (broad SMARTS) is 1. The molecule has 0 rings (SSSR count). The number of carbonyl (C=O) groups is 1. The lowest BCUT2D eigenvalue weighted by Gasteiger charge is -2.44. The first-order valence-corrected chi connectivity index (χ1v) is 7.79. The van der Waals surface area contributed by atoms with Crippen LogP contribution in [0.25, 0.3) is 0 Å². The lowest BCUT2D eigenvalue weighted by molar-refractivity contribution is -0.895. The van der Waals surface area contributed by atoms with Gasteiger partial charge in [0, 0.05) is 5.41 Å². The Bertz CT molecular complexity index is 264. The van der Waals surface area contributed by atoms with Crippen molar-refractivity contribution in [2.45, 2.75) is 71.8 Å². The summed E-state index contributed by atoms with van der Waals surface area (Å²) >= 11 is 0. The number of rotatable bonds is 10. The van der Waals surface area contributed by atoms with Gasteiger partial charge in [0.2, 0.25) is 0 Å². The summed E-state index contributed by atoms with van der Waals surface area (Å²) in [4.78, 5) is 11.8. The standard InChI is InChI=1S/C16H33NO2/c1-7-10-11-12-13-16(8-2,9-3)14(15(18)19)17(4,5)6/h14H,7-13H2,1-6H3/p+1. The van der Waals surface area contributed by atoms with E-state index in [1.165, 1.54) is 19.3 Å². The van der Waals surface area contributed by atoms with Gasteiger partial charge in [0.05, 0.1) is 21.1 Å². The normalized spacial score (nSPS) is 14.4. The third-order valence-electron chi connectivity index (χ3n) is 4.53. The van der Waals surface area contributed by atoms with Crippen LogP contribution in [0.1, 0.15) is 65.7 Å². The average molecular weight is 272 g/mol. The van der Waals surface area contributed by atoms with Crippen molar-refractivity contribution in [2.24, 2.45) is 5.41 Å². The number of quaternary nitrogens is 1. The van der Waals surface area contributed by atoms with Crippen LogP contribution in [0.3, 0.4) is 0 Å². The summed E-state index contributed by atoms with van der Waals surface area (Å²) in [6.45, 7) is 6.50. The Balaban J connectivity index is 5.05. The molecule has 0 saturated carbocycles. The average Bonchev–Trinajstić information content (AvgIpc) is 2.30. The van der Waals surface area contributed by atoms with Crippen molar-refractivity contribution < 1.29 is 14.4 Å². The van der Waals surface area contributed by atoms with Crippen LogP contribution in [-0.4, -0.2) is 42.7 Å². The summed E-state index contributed by atoms with van der Waals surface area (Å²) in [7, 11) is 6.01. The van der Waals surface area contributed by atoms with Crippen LogP contribution in [0.4, 0.5) is 0 Å². The van der Waals surface area contributed by atoms with Crippen LogP contribution in [0.15, 0.2) is 0 Å². The fourth-order valence-corrected chi connectivity index (χ4v) is 3.45. The van der Waals surface area contributed by atoms with E-state index in [1.807, 2.05) is 21.1 Å². The number of likely N-dealkylation sites (N-methyl/N-ethyl adjacent to an activating group) is 1. The number of hydrogen-bond donors (Lipinski definition) is 1. The van der Waals surface area contributed by atoms with Crippen molar-refractivity contribution in [3.05, 3.63) is 0 Å². The molecule has 19 heavy (non-hydrogen) atoms. The van der Waals surface area contributed by atoms with Crippen molar-refractivity contribution in [2.75, 3.05) is 21.1 Å². The third-order valence-corrected chi connectivity index (χ3v) is 4.53. The van der Waals surface area contributed by atoms with Gasteiger partial charge in [-0.15, -0.1) is 0 Å². The van der Waals surface area contributed by atoms with E-state index in [0.717, 1.165) is 25.7 Å². The molecule has 1 unspecified atom stereocenters. The van der Waals surface area contributed by atoms with Gasteiger partial charge in [-0.25, -0.2) is 4.79 Å². The Hall–Kier alpha value is -0.570. The van der Waals surface area contributed by atoms with E-state index in [1.54, 1.807) is 0 Å². The maximum Gasteiger partial charge on any atom is 0.363 e. The van der Waals surface area contributed by atoms with Gasteiger partial charge in [0.1, 0.15) is 0 Å². The van der Waals surface area contributed by atoms with Crippen molar-refractivity contribution in [1.29, 1.82) is 0 Å². The van der Waals surface area contributed by atoms with E-state index in [4.69, 9.17) is 0 Å². The Labute approximate surface area is 119 Å². The summed E-state index contributed by atoms with van der Waals surface area (Å²) < 4.78 is 0.505. The molecule has 0 fully saturated rings. The first-order valence-electron chi connectivity index (χ1n) is 7.79. The Morgan fingerprint density at radius 3 is 1.89 bits per heavy atom. The second-order valence-corrected chi connectivity index (χ2v) is 6.74. The van der Waals surface area contributed by atoms with Gasteiger partial charge < -0.3 is 9.59 Å². The van der Waals surface area contributed by atoms with E-state index >= 15 is 0 Å². The van der Waals surface area contributed by atoms with Crippen LogP contribution in [0.5, 0.6) is 0 Å². The second kappa shape index (κ2) is 7.88. The molecule has 0 aliphatic heterocycles. The smallest absolute Gasteiger partial charge is 0.363 e. The zero-order chi connectivity index (χ0) is 15.1. The second-order valence-electron chi connectivity index (χ2n) is 6.74. The monoisotopic (exact) mass is 272 g/mol. The molecular formula is C16H34NO2+. The largest absolute Gasteiger partial charge is 0.477 e. The molecule has 0 aromatic rings. The van der Waals surface area contributed by atoms with Crippen molar-refractivity contribution in [3.63, 3.8) is 0 Å². The molecule has 0 amide bonds. The van der Waals surface area contributed by atoms with E-state index < -0.39 is 5.97 Å². The topological polar surface area (TPSA) is 37.3 Å². The molecule has 0 saturated heterocycles. The van der Waals surface area contributed by atoms with Crippen LogP contribution >= 0.6 is 0 Å². The van der Waals surface area contributed by atoms with Gasteiger partial charge >= 0.3 is 5.97 Å². The highest BCUT2D eigenvalue weighted by Gasteiger charge is 2.48. The maximum absolute atomic E-state index is 11.8. The third kappa shape index (κ3) is 5.13. The van der Waals surface area contributed by atoms with Crippen LogP contribution in [0.2, 0.25) is 0 Å². The first kappa shape index (κ1) is 18.4. The van der Waals surface area contributed by atoms with E-state index in [-0.39, 0.29) is 11.5 Å². The fraction of sp³-hybridized carbons (Fsp3) is 0.938. The predicted molar refractivity (Wildman–Crippen MR) is 81.2 cm³/mol. The Kier molecular flexibility index (Phi) is 7.65. The molecule has 0 aliphatic rings. The molecule has 0 aliphatic carbocycles. The lowest BCUT2D eigenvalue weighted by atomic mass is 9.70. The zero-order valence-corrected chi connectivity index (χ0v) is 13.8. The van der Waals surface area contributed by atoms with Crippen LogP contribution < -0.4 is 0 Å². The molecule has 3 nitrogen and oxygen atoms in total. The lowest BCUT2D eigenvalue weighted by Crippen LogP contribution is -2.58. The molecule has 0 heterocycles. The number of aliphatic carboxylic acids is 1. The maximum atomic E-state index is 11.8. The van der Waals surface area contributed by atoms with Crippen LogP contribution in [0, 0.1) is 5.41 Å². The Morgan fingerprint density at radius 2 is 1.58 bits per heavy atom. The number of nitrogens with zero attached hydrogens (tertiary/aromatic N) is 1. The highest BCUT2D eigenvalue weighted by atomic mass is 16.4. The van der Waals surface area contributed by atoms with E-state index in [0.29, 0.717) is 4.48 Å². The molecule has 114 valence electrons. The summed E-state index contributed by atoms with van der Waals surface area (Å²) in [6, 6.07) is -0.316. The highest BCUT2D eigenvalue weighted by Crippen LogP contribution is 2.40. The fourth-order valence-electron chi connectivity index (χ4n) is 3.45. The molecule has 1 atom stereocenters. The van der Waals surface area contributed by atoms with Gasteiger partial charge in [0.25, 0.3) is 0 Å². The van der Waals surface area contributed by atoms with Gasteiger partial charge in [-0.05, 0) is 19.3 Å². The quantitative estimate of drug-likeness (QED) is 0.483. The molecular weight excluding hydrogens is 238 g/mol. The molecule has 1 N–H and O–H groups in total. The van der Waals surface area contributed by atoms with E-state index in [9.17, 15) is 9.90 Å². The van der Waals surface area contributed by atoms with Gasteiger partial charge in [0.15, 0.2) is 6.04 Å². The molecule has 0 bridgehead atoms. The molecule has 0 aromatic heterocycles. The molecule has 0 radical (unpaired) electrons. The van der Waals surface area contributed by atoms with Crippen molar-refractivity contribution >= 4 is 5.97 Å². The zero-order valence-electron chi connectivity index (χ0n) is 13.8. The summed E-state index contributed by atoms with van der Waals surface area (Å²) in [5.74, 6) is -0.647. The van der Waals surface area contributed by atoms with Gasteiger partial charge in [-0.2, -0.15) is 0 Å². The SMILES string of the molecule is CCCCCCC(CC)(CC)C(C(=O)O)[N+](C)(C)C. The number of carboxylic acids is 1.